The number of aromatic nitrogens is 1. The molecule has 16 heavy (non-hydrogen) atoms. The van der Waals surface area contributed by atoms with Crippen LogP contribution in [-0.4, -0.2) is 10.8 Å². The molecule has 80 valence electrons. The molecule has 0 spiro atoms. The molecule has 0 fully saturated rings. The summed E-state index contributed by atoms with van der Waals surface area (Å²) in [5.41, 5.74) is 0.276. The van der Waals surface area contributed by atoms with E-state index in [1.54, 1.807) is 0 Å². The van der Waals surface area contributed by atoms with Crippen molar-refractivity contribution in [2.45, 2.75) is 0 Å². The Morgan fingerprint density at radius 3 is 2.44 bits per heavy atom. The molecule has 0 saturated heterocycles. The number of ketones is 1. The van der Waals surface area contributed by atoms with Crippen molar-refractivity contribution in [1.82, 2.24) is 4.98 Å². The second-order valence-electron chi connectivity index (χ2n) is 3.23. The van der Waals surface area contributed by atoms with E-state index in [4.69, 9.17) is 0 Å². The van der Waals surface area contributed by atoms with Crippen LogP contribution in [0.5, 0.6) is 0 Å². The van der Waals surface area contributed by atoms with E-state index in [9.17, 15) is 13.6 Å². The molecule has 0 N–H and O–H groups in total. The molecule has 0 atom stereocenters. The molecule has 1 heterocycles. The number of carbonyl (C=O) groups is 1. The van der Waals surface area contributed by atoms with Gasteiger partial charge >= 0.3 is 0 Å². The van der Waals surface area contributed by atoms with Gasteiger partial charge in [0.05, 0.1) is 6.20 Å². The summed E-state index contributed by atoms with van der Waals surface area (Å²) >= 11 is 0. The van der Waals surface area contributed by atoms with Gasteiger partial charge in [-0.25, -0.2) is 8.78 Å². The maximum atomic E-state index is 12.9. The van der Waals surface area contributed by atoms with Crippen LogP contribution in [-0.2, 0) is 0 Å². The minimum absolute atomic E-state index is 0.102. The third-order valence-corrected chi connectivity index (χ3v) is 2.05. The van der Waals surface area contributed by atoms with Crippen molar-refractivity contribution in [2.75, 3.05) is 0 Å². The summed E-state index contributed by atoms with van der Waals surface area (Å²) in [5.74, 6) is -1.55. The molecule has 0 aliphatic rings. The minimum atomic E-state index is -0.595. The number of benzene rings is 1. The molecule has 0 saturated carbocycles. The SMILES string of the molecule is O=C(c1cccc(F)c1)c1cncc(F)c1. The lowest BCUT2D eigenvalue weighted by molar-refractivity contribution is 0.103. The Bertz CT molecular complexity index is 493. The first-order chi connectivity index (χ1) is 7.66. The smallest absolute Gasteiger partial charge is 0.194 e. The Balaban J connectivity index is 2.39. The van der Waals surface area contributed by atoms with Crippen LogP contribution >= 0.6 is 0 Å². The lowest BCUT2D eigenvalue weighted by atomic mass is 10.1. The fraction of sp³-hybridized carbons (Fsp3) is 0. The summed E-state index contributed by atoms with van der Waals surface area (Å²) in [6.45, 7) is 0. The maximum Gasteiger partial charge on any atom is 0.194 e. The number of pyridine rings is 1. The first kappa shape index (κ1) is 10.4. The summed E-state index contributed by atoms with van der Waals surface area (Å²) in [5, 5.41) is 0. The van der Waals surface area contributed by atoms with Crippen molar-refractivity contribution in [1.29, 1.82) is 0 Å². The third kappa shape index (κ3) is 2.11. The number of hydrogen-bond donors (Lipinski definition) is 0. The van der Waals surface area contributed by atoms with Gasteiger partial charge in [0.1, 0.15) is 11.6 Å². The highest BCUT2D eigenvalue weighted by Crippen LogP contribution is 2.11. The molecule has 0 bridgehead atoms. The van der Waals surface area contributed by atoms with E-state index in [1.807, 2.05) is 0 Å². The zero-order valence-electron chi connectivity index (χ0n) is 8.15. The topological polar surface area (TPSA) is 30.0 Å². The number of rotatable bonds is 2. The predicted molar refractivity (Wildman–Crippen MR) is 54.0 cm³/mol. The van der Waals surface area contributed by atoms with Crippen LogP contribution in [0.15, 0.2) is 42.7 Å². The van der Waals surface area contributed by atoms with Crippen LogP contribution in [0.2, 0.25) is 0 Å². The van der Waals surface area contributed by atoms with Gasteiger partial charge in [0, 0.05) is 17.3 Å². The second-order valence-corrected chi connectivity index (χ2v) is 3.23. The lowest BCUT2D eigenvalue weighted by Crippen LogP contribution is -2.02. The number of carbonyl (C=O) groups excluding carboxylic acids is 1. The quantitative estimate of drug-likeness (QED) is 0.726. The minimum Gasteiger partial charge on any atom is -0.289 e. The molecular weight excluding hydrogens is 212 g/mol. The zero-order chi connectivity index (χ0) is 11.5. The van der Waals surface area contributed by atoms with Gasteiger partial charge in [-0.15, -0.1) is 0 Å². The van der Waals surface area contributed by atoms with Gasteiger partial charge in [0.15, 0.2) is 5.78 Å². The van der Waals surface area contributed by atoms with Gasteiger partial charge in [-0.05, 0) is 18.2 Å². The van der Waals surface area contributed by atoms with Crippen molar-refractivity contribution in [3.05, 3.63) is 65.5 Å². The van der Waals surface area contributed by atoms with E-state index in [2.05, 4.69) is 4.98 Å². The standard InChI is InChI=1S/C12H7F2NO/c13-10-3-1-2-8(4-10)12(16)9-5-11(14)7-15-6-9/h1-7H. The number of halogens is 2. The molecule has 1 aromatic heterocycles. The molecule has 2 nitrogen and oxygen atoms in total. The monoisotopic (exact) mass is 219 g/mol. The maximum absolute atomic E-state index is 12.9. The molecular formula is C12H7F2NO. The number of nitrogens with zero attached hydrogens (tertiary/aromatic N) is 1. The third-order valence-electron chi connectivity index (χ3n) is 2.05. The summed E-state index contributed by atoms with van der Waals surface area (Å²) in [6, 6.07) is 6.31. The highest BCUT2D eigenvalue weighted by Gasteiger charge is 2.10. The normalized spacial score (nSPS) is 10.1. The van der Waals surface area contributed by atoms with E-state index in [0.29, 0.717) is 0 Å². The van der Waals surface area contributed by atoms with E-state index in [0.717, 1.165) is 18.3 Å². The number of hydrogen-bond acceptors (Lipinski definition) is 2. The van der Waals surface area contributed by atoms with Crippen LogP contribution < -0.4 is 0 Å². The highest BCUT2D eigenvalue weighted by molar-refractivity contribution is 6.08. The van der Waals surface area contributed by atoms with Gasteiger partial charge in [-0.2, -0.15) is 0 Å². The molecule has 0 amide bonds. The zero-order valence-corrected chi connectivity index (χ0v) is 8.15. The van der Waals surface area contributed by atoms with Gasteiger partial charge in [-0.1, -0.05) is 12.1 Å². The molecule has 4 heteroatoms. The van der Waals surface area contributed by atoms with Crippen LogP contribution in [0.3, 0.4) is 0 Å². The predicted octanol–water partition coefficient (Wildman–Crippen LogP) is 2.59. The fourth-order valence-electron chi connectivity index (χ4n) is 1.33. The molecule has 0 aliphatic heterocycles. The Hall–Kier alpha value is -2.10. The average molecular weight is 219 g/mol. The van der Waals surface area contributed by atoms with E-state index in [1.165, 1.54) is 24.4 Å². The van der Waals surface area contributed by atoms with Crippen LogP contribution in [0, 0.1) is 11.6 Å². The van der Waals surface area contributed by atoms with Crippen LogP contribution in [0.4, 0.5) is 8.78 Å². The average Bonchev–Trinajstić information content (AvgIpc) is 2.28. The largest absolute Gasteiger partial charge is 0.289 e. The van der Waals surface area contributed by atoms with Crippen molar-refractivity contribution < 1.29 is 13.6 Å². The molecule has 0 radical (unpaired) electrons. The van der Waals surface area contributed by atoms with Crippen LogP contribution in [0.1, 0.15) is 15.9 Å². The Morgan fingerprint density at radius 1 is 1.00 bits per heavy atom. The van der Waals surface area contributed by atoms with Gasteiger partial charge < -0.3 is 0 Å². The van der Waals surface area contributed by atoms with E-state index in [-0.39, 0.29) is 11.1 Å². The molecule has 2 rings (SSSR count). The summed E-state index contributed by atoms with van der Waals surface area (Å²) in [6.07, 6.45) is 2.25. The van der Waals surface area contributed by atoms with Crippen LogP contribution in [0.25, 0.3) is 0 Å². The Morgan fingerprint density at radius 2 is 1.75 bits per heavy atom. The molecule has 0 aliphatic carbocycles. The Labute approximate surface area is 90.6 Å². The lowest BCUT2D eigenvalue weighted by Gasteiger charge is -2.00. The molecule has 1 aromatic carbocycles. The van der Waals surface area contributed by atoms with E-state index < -0.39 is 17.4 Å². The molecule has 2 aromatic rings. The Kier molecular flexibility index (Phi) is 2.72. The van der Waals surface area contributed by atoms with Crippen molar-refractivity contribution >= 4 is 5.78 Å². The van der Waals surface area contributed by atoms with E-state index >= 15 is 0 Å². The van der Waals surface area contributed by atoms with Crippen molar-refractivity contribution in [3.8, 4) is 0 Å². The van der Waals surface area contributed by atoms with Gasteiger partial charge in [0.2, 0.25) is 0 Å². The van der Waals surface area contributed by atoms with Gasteiger partial charge in [-0.3, -0.25) is 9.78 Å². The van der Waals surface area contributed by atoms with Gasteiger partial charge in [0.25, 0.3) is 0 Å². The summed E-state index contributed by atoms with van der Waals surface area (Å²) in [7, 11) is 0. The summed E-state index contributed by atoms with van der Waals surface area (Å²) < 4.78 is 25.7. The fourth-order valence-corrected chi connectivity index (χ4v) is 1.33. The van der Waals surface area contributed by atoms with Crippen molar-refractivity contribution in [3.63, 3.8) is 0 Å². The molecule has 0 unspecified atom stereocenters. The highest BCUT2D eigenvalue weighted by atomic mass is 19.1. The second kappa shape index (κ2) is 4.18. The first-order valence-corrected chi connectivity index (χ1v) is 4.57. The summed E-state index contributed by atoms with van der Waals surface area (Å²) in [4.78, 5) is 15.3. The van der Waals surface area contributed by atoms with Crippen molar-refractivity contribution in [2.24, 2.45) is 0 Å². The first-order valence-electron chi connectivity index (χ1n) is 4.57.